The van der Waals surface area contributed by atoms with E-state index >= 15 is 0 Å². The van der Waals surface area contributed by atoms with Crippen molar-refractivity contribution in [3.63, 3.8) is 0 Å². The lowest BCUT2D eigenvalue weighted by atomic mass is 9.79. The first-order valence-electron chi connectivity index (χ1n) is 17.5. The molecule has 0 fully saturated rings. The Bertz CT molecular complexity index is 1870. The average molecular weight is 705 g/mol. The van der Waals surface area contributed by atoms with Crippen LogP contribution in [0.5, 0.6) is 11.5 Å². The largest absolute Gasteiger partial charge is 1.20 e. The lowest BCUT2D eigenvalue weighted by Gasteiger charge is -2.31. The second-order valence-corrected chi connectivity index (χ2v) is 18.6. The summed E-state index contributed by atoms with van der Waals surface area (Å²) < 4.78 is 33.9. The van der Waals surface area contributed by atoms with Crippen LogP contribution in [0.1, 0.15) is 127 Å². The summed E-state index contributed by atoms with van der Waals surface area (Å²) in [6.45, 7) is 25.8. The number of hydrogen-bond donors (Lipinski definition) is 0. The zero-order valence-electron chi connectivity index (χ0n) is 32.1. The Balaban J connectivity index is 1.84. The van der Waals surface area contributed by atoms with E-state index in [1.807, 2.05) is 24.3 Å². The molecule has 0 saturated heterocycles. The van der Waals surface area contributed by atoms with E-state index < -0.39 is 26.9 Å². The zero-order valence-corrected chi connectivity index (χ0v) is 33.2. The molecule has 0 spiro atoms. The number of aliphatic imine (C=N–C) groups is 2. The highest BCUT2D eigenvalue weighted by molar-refractivity contribution is 6.42. The highest BCUT2D eigenvalue weighted by atomic mass is 27.3. The Morgan fingerprint density at radius 2 is 1.02 bits per heavy atom. The third kappa shape index (κ3) is 8.98. The molecule has 0 aliphatic carbocycles. The van der Waals surface area contributed by atoms with Gasteiger partial charge >= 0.3 is 21.1 Å². The van der Waals surface area contributed by atoms with Gasteiger partial charge in [-0.1, -0.05) is 107 Å². The van der Waals surface area contributed by atoms with Gasteiger partial charge in [-0.25, -0.2) is 9.18 Å². The fourth-order valence-corrected chi connectivity index (χ4v) is 7.07. The molecule has 8 heteroatoms. The maximum absolute atomic E-state index is 13.9. The molecule has 4 aromatic carbocycles. The molecule has 0 amide bonds. The molecule has 5 rings (SSSR count). The highest BCUT2D eigenvalue weighted by Crippen LogP contribution is 2.42. The van der Waals surface area contributed by atoms with Gasteiger partial charge in [0.15, 0.2) is 0 Å². The monoisotopic (exact) mass is 704 g/mol. The third-order valence-corrected chi connectivity index (χ3v) is 10.1. The normalized spacial score (nSPS) is 13.8. The zero-order chi connectivity index (χ0) is 37.5. The van der Waals surface area contributed by atoms with Gasteiger partial charge in [0.1, 0.15) is 5.82 Å². The van der Waals surface area contributed by atoms with Gasteiger partial charge in [-0.05, 0) is 92.4 Å². The topological polar surface area (TPSA) is 69.5 Å². The van der Waals surface area contributed by atoms with Crippen LogP contribution in [0.3, 0.4) is 0 Å². The van der Waals surface area contributed by atoms with Crippen molar-refractivity contribution in [2.45, 2.75) is 105 Å². The molecule has 4 aromatic rings. The molecule has 0 unspecified atom stereocenters. The minimum atomic E-state index is -3.47. The summed E-state index contributed by atoms with van der Waals surface area (Å²) >= 11 is -3.47. The van der Waals surface area contributed by atoms with Crippen molar-refractivity contribution < 1.29 is 20.6 Å². The lowest BCUT2D eigenvalue weighted by Crippen LogP contribution is -2.38. The smallest absolute Gasteiger partial charge is 0.577 e. The molecule has 266 valence electrons. The molecule has 0 radical (unpaired) electrons. The summed E-state index contributed by atoms with van der Waals surface area (Å²) in [6.07, 6.45) is 3.59. The molecular weight excluding hydrogens is 654 g/mol. The van der Waals surface area contributed by atoms with E-state index in [0.717, 1.165) is 33.4 Å². The summed E-state index contributed by atoms with van der Waals surface area (Å²) in [5, 5.41) is 0. The van der Waals surface area contributed by atoms with E-state index in [1.165, 1.54) is 24.3 Å². The van der Waals surface area contributed by atoms with Crippen LogP contribution in [0, 0.1) is 5.82 Å². The summed E-state index contributed by atoms with van der Waals surface area (Å²) in [5.41, 5.74) is 5.99. The van der Waals surface area contributed by atoms with Crippen molar-refractivity contribution in [3.8, 4) is 11.5 Å². The molecule has 1 aliphatic rings. The summed E-state index contributed by atoms with van der Waals surface area (Å²) in [7, 11) is 0. The van der Waals surface area contributed by atoms with Crippen LogP contribution in [-0.4, -0.2) is 33.5 Å². The predicted octanol–water partition coefficient (Wildman–Crippen LogP) is 11.1. The first kappa shape index (κ1) is 38.0. The molecule has 6 nitrogen and oxygen atoms in total. The Hall–Kier alpha value is -4.25. The Morgan fingerprint density at radius 1 is 0.608 bits per heavy atom. The quantitative estimate of drug-likeness (QED) is 0.195. The fourth-order valence-electron chi connectivity index (χ4n) is 5.70. The van der Waals surface area contributed by atoms with Crippen LogP contribution in [0.15, 0.2) is 82.8 Å². The summed E-state index contributed by atoms with van der Waals surface area (Å²) in [4.78, 5) is 23.7. The summed E-state index contributed by atoms with van der Waals surface area (Å²) in [5.74, 6) is -0.0490. The van der Waals surface area contributed by atoms with Gasteiger partial charge in [0, 0.05) is 23.6 Å². The van der Waals surface area contributed by atoms with Crippen molar-refractivity contribution in [2.24, 2.45) is 9.98 Å². The van der Waals surface area contributed by atoms with Crippen LogP contribution in [0.2, 0.25) is 0 Å². The first-order valence-corrected chi connectivity index (χ1v) is 18.9. The molecule has 0 saturated carbocycles. The minimum absolute atomic E-state index is 0.181. The second kappa shape index (κ2) is 14.1. The number of hydrogen-bond acceptors (Lipinski definition) is 6. The Kier molecular flexibility index (Phi) is 10.5. The fraction of sp³-hybridized carbons (Fsp3) is 0.372. The number of fused-ring (bicyclic) bond motifs is 3. The molecular formula is C43H50AlFN2O4. The van der Waals surface area contributed by atoms with Crippen molar-refractivity contribution >= 4 is 44.9 Å². The number of carbonyl (C=O) groups is 1. The van der Waals surface area contributed by atoms with Crippen molar-refractivity contribution in [3.05, 3.63) is 118 Å². The van der Waals surface area contributed by atoms with Crippen LogP contribution < -0.4 is 7.58 Å². The van der Waals surface area contributed by atoms with Crippen LogP contribution in [-0.2, 0) is 25.4 Å². The third-order valence-electron chi connectivity index (χ3n) is 8.86. The SMILES string of the molecule is CC(C)(C)c1cc2c(c(C(C)(C)C)c1)[O][Al]([O]C(=O)c1ccc(F)cc1)[O]c1c(cc(C(C)(C)C)cc1C(C)(C)C)C=Nc1ccccc1N=C2. The molecule has 1 heterocycles. The molecule has 0 aromatic heterocycles. The van der Waals surface area contributed by atoms with Gasteiger partial charge in [0.2, 0.25) is 0 Å². The number of halogens is 1. The van der Waals surface area contributed by atoms with E-state index in [9.17, 15) is 9.18 Å². The van der Waals surface area contributed by atoms with Crippen molar-refractivity contribution in [2.75, 3.05) is 0 Å². The second-order valence-electron chi connectivity index (χ2n) is 17.3. The van der Waals surface area contributed by atoms with E-state index in [-0.39, 0.29) is 27.2 Å². The summed E-state index contributed by atoms with van der Waals surface area (Å²) in [6, 6.07) is 21.5. The standard InChI is InChI=1S/C36H48N2O2.C7H5FO2.Al/c1-33(2,3)25-17-23(31(39)27(19-25)35(7,8)9)21-37-29-15-13-14-16-30(29)38-22-24-18-26(34(4,5)6)20-28(32(24)40)36(10,11)12;8-6-3-1-5(2-4-6)7(9)10;/h13-22,39-40H,1-12H3;1-4H,(H,9,10);/q;;+3/p-3. The van der Waals surface area contributed by atoms with Crippen molar-refractivity contribution in [1.29, 1.82) is 0 Å². The van der Waals surface area contributed by atoms with Crippen LogP contribution in [0.25, 0.3) is 0 Å². The highest BCUT2D eigenvalue weighted by Gasteiger charge is 2.49. The Labute approximate surface area is 308 Å². The molecule has 51 heavy (non-hydrogen) atoms. The number of para-hydroxylation sites is 2. The molecule has 0 atom stereocenters. The van der Waals surface area contributed by atoms with Crippen LogP contribution >= 0.6 is 0 Å². The lowest BCUT2D eigenvalue weighted by molar-refractivity contribution is 0.0662. The number of rotatable bonds is 2. The number of carbonyl (C=O) groups excluding carboxylic acids is 1. The van der Waals surface area contributed by atoms with Gasteiger partial charge in [0.05, 0.1) is 28.4 Å². The van der Waals surface area contributed by atoms with Gasteiger partial charge in [0.25, 0.3) is 0 Å². The Morgan fingerprint density at radius 3 is 1.39 bits per heavy atom. The molecule has 0 N–H and O–H groups in total. The van der Waals surface area contributed by atoms with E-state index in [2.05, 4.69) is 107 Å². The van der Waals surface area contributed by atoms with Crippen LogP contribution in [0.4, 0.5) is 15.8 Å². The van der Waals surface area contributed by atoms with E-state index in [0.29, 0.717) is 22.9 Å². The minimum Gasteiger partial charge on any atom is -0.577 e. The van der Waals surface area contributed by atoms with E-state index in [1.54, 1.807) is 12.4 Å². The maximum atomic E-state index is 13.9. The van der Waals surface area contributed by atoms with E-state index in [4.69, 9.17) is 21.4 Å². The van der Waals surface area contributed by atoms with Gasteiger partial charge in [-0.3, -0.25) is 9.98 Å². The van der Waals surface area contributed by atoms with Gasteiger partial charge in [-0.2, -0.15) is 0 Å². The van der Waals surface area contributed by atoms with Gasteiger partial charge < -0.3 is 11.4 Å². The average Bonchev–Trinajstić information content (AvgIpc) is 3.02. The number of benzene rings is 4. The first-order chi connectivity index (χ1) is 23.6. The maximum Gasteiger partial charge on any atom is 1.20 e. The molecule has 1 aliphatic heterocycles. The molecule has 0 bridgehead atoms. The van der Waals surface area contributed by atoms with Gasteiger partial charge in [-0.15, -0.1) is 0 Å². The number of nitrogens with zero attached hydrogens (tertiary/aromatic N) is 2. The predicted molar refractivity (Wildman–Crippen MR) is 207 cm³/mol. The van der Waals surface area contributed by atoms with Crippen molar-refractivity contribution in [1.82, 2.24) is 0 Å².